The monoisotopic (exact) mass is 484 g/mol. The lowest BCUT2D eigenvalue weighted by Gasteiger charge is -2.32. The zero-order valence-corrected chi connectivity index (χ0v) is 22.2. The van der Waals surface area contributed by atoms with Gasteiger partial charge in [-0.3, -0.25) is 9.59 Å². The van der Waals surface area contributed by atoms with Gasteiger partial charge in [0.05, 0.1) is 0 Å². The van der Waals surface area contributed by atoms with Crippen LogP contribution in [-0.4, -0.2) is 28.8 Å². The Hall–Kier alpha value is -3.40. The van der Waals surface area contributed by atoms with Crippen LogP contribution in [0.4, 0.5) is 0 Å². The van der Waals surface area contributed by atoms with E-state index < -0.39 is 6.04 Å². The van der Waals surface area contributed by atoms with E-state index >= 15 is 0 Å². The molecule has 0 heterocycles. The maximum absolute atomic E-state index is 13.8. The minimum atomic E-state index is -0.586. The third-order valence-corrected chi connectivity index (χ3v) is 6.77. The van der Waals surface area contributed by atoms with Crippen LogP contribution in [0.2, 0.25) is 0 Å². The molecule has 4 heteroatoms. The van der Waals surface area contributed by atoms with Gasteiger partial charge in [-0.2, -0.15) is 0 Å². The number of amides is 2. The molecule has 0 aliphatic heterocycles. The molecule has 0 aliphatic rings. The summed E-state index contributed by atoms with van der Waals surface area (Å²) in [6.45, 7) is 8.65. The van der Waals surface area contributed by atoms with Crippen LogP contribution in [0.5, 0.6) is 0 Å². The SMILES string of the molecule is CCc1ccc(CCC(=O)N(Cc2cccc(C)c2)[C@H](Cc2ccccc2)C(=O)N[C@H](C)CC)cc1. The Morgan fingerprint density at radius 3 is 2.14 bits per heavy atom. The molecule has 0 spiro atoms. The van der Waals surface area contributed by atoms with Crippen molar-refractivity contribution in [2.24, 2.45) is 0 Å². The maximum atomic E-state index is 13.8. The van der Waals surface area contributed by atoms with Crippen molar-refractivity contribution < 1.29 is 9.59 Å². The summed E-state index contributed by atoms with van der Waals surface area (Å²) in [4.78, 5) is 29.1. The molecular weight excluding hydrogens is 444 g/mol. The summed E-state index contributed by atoms with van der Waals surface area (Å²) in [5.74, 6) is -0.0992. The third-order valence-electron chi connectivity index (χ3n) is 6.77. The predicted octanol–water partition coefficient (Wildman–Crippen LogP) is 6.04. The fourth-order valence-electron chi connectivity index (χ4n) is 4.34. The summed E-state index contributed by atoms with van der Waals surface area (Å²) in [6.07, 6.45) is 3.32. The van der Waals surface area contributed by atoms with Crippen LogP contribution in [0, 0.1) is 6.92 Å². The first-order chi connectivity index (χ1) is 17.4. The lowest BCUT2D eigenvalue weighted by Crippen LogP contribution is -2.52. The molecular formula is C32H40N2O2. The third kappa shape index (κ3) is 8.08. The first kappa shape index (κ1) is 27.2. The molecule has 0 bridgehead atoms. The van der Waals surface area contributed by atoms with E-state index in [4.69, 9.17) is 0 Å². The number of carbonyl (C=O) groups excluding carboxylic acids is 2. The summed E-state index contributed by atoms with van der Waals surface area (Å²) in [5, 5.41) is 3.14. The number of nitrogens with one attached hydrogen (secondary N) is 1. The number of benzene rings is 3. The Labute approximate surface area is 216 Å². The summed E-state index contributed by atoms with van der Waals surface area (Å²) in [7, 11) is 0. The number of carbonyl (C=O) groups is 2. The maximum Gasteiger partial charge on any atom is 0.243 e. The number of aryl methyl sites for hydroxylation is 3. The van der Waals surface area contributed by atoms with Gasteiger partial charge in [-0.1, -0.05) is 98.3 Å². The molecule has 0 aliphatic carbocycles. The Morgan fingerprint density at radius 1 is 0.833 bits per heavy atom. The molecule has 3 aromatic carbocycles. The van der Waals surface area contributed by atoms with Gasteiger partial charge >= 0.3 is 0 Å². The summed E-state index contributed by atoms with van der Waals surface area (Å²) in [5.41, 5.74) is 5.64. The van der Waals surface area contributed by atoms with Crippen molar-refractivity contribution in [1.82, 2.24) is 10.2 Å². The molecule has 3 rings (SSSR count). The number of hydrogen-bond donors (Lipinski definition) is 1. The Bertz CT molecular complexity index is 1110. The number of hydrogen-bond acceptors (Lipinski definition) is 2. The molecule has 3 aromatic rings. The molecule has 0 aromatic heterocycles. The average molecular weight is 485 g/mol. The second-order valence-electron chi connectivity index (χ2n) is 9.70. The van der Waals surface area contributed by atoms with Crippen LogP contribution in [0.1, 0.15) is 61.4 Å². The number of rotatable bonds is 12. The van der Waals surface area contributed by atoms with E-state index in [1.807, 2.05) is 62.4 Å². The molecule has 1 N–H and O–H groups in total. The van der Waals surface area contributed by atoms with Gasteiger partial charge in [0.25, 0.3) is 0 Å². The molecule has 36 heavy (non-hydrogen) atoms. The Balaban J connectivity index is 1.89. The first-order valence-electron chi connectivity index (χ1n) is 13.2. The Morgan fingerprint density at radius 2 is 1.50 bits per heavy atom. The summed E-state index contributed by atoms with van der Waals surface area (Å²) < 4.78 is 0. The van der Waals surface area contributed by atoms with Crippen molar-refractivity contribution in [1.29, 1.82) is 0 Å². The highest BCUT2D eigenvalue weighted by molar-refractivity contribution is 5.88. The van der Waals surface area contributed by atoms with Gasteiger partial charge < -0.3 is 10.2 Å². The fraction of sp³-hybridized carbons (Fsp3) is 0.375. The van der Waals surface area contributed by atoms with Gasteiger partial charge in [-0.05, 0) is 55.4 Å². The van der Waals surface area contributed by atoms with Gasteiger partial charge in [0, 0.05) is 25.4 Å². The van der Waals surface area contributed by atoms with Gasteiger partial charge in [0.2, 0.25) is 11.8 Å². The number of nitrogens with zero attached hydrogens (tertiary/aromatic N) is 1. The second kappa shape index (κ2) is 13.6. The van der Waals surface area contributed by atoms with E-state index in [-0.39, 0.29) is 17.9 Å². The van der Waals surface area contributed by atoms with Gasteiger partial charge in [-0.25, -0.2) is 0 Å². The lowest BCUT2D eigenvalue weighted by molar-refractivity contribution is -0.141. The smallest absolute Gasteiger partial charge is 0.243 e. The van der Waals surface area contributed by atoms with Crippen LogP contribution >= 0.6 is 0 Å². The molecule has 0 saturated carbocycles. The largest absolute Gasteiger partial charge is 0.352 e. The van der Waals surface area contributed by atoms with E-state index in [1.165, 1.54) is 5.56 Å². The minimum Gasteiger partial charge on any atom is -0.352 e. The molecule has 4 nitrogen and oxygen atoms in total. The van der Waals surface area contributed by atoms with E-state index in [0.29, 0.717) is 25.8 Å². The highest BCUT2D eigenvalue weighted by atomic mass is 16.2. The van der Waals surface area contributed by atoms with Crippen LogP contribution in [0.3, 0.4) is 0 Å². The van der Waals surface area contributed by atoms with Crippen LogP contribution in [-0.2, 0) is 35.4 Å². The zero-order chi connectivity index (χ0) is 25.9. The highest BCUT2D eigenvalue weighted by Crippen LogP contribution is 2.18. The van der Waals surface area contributed by atoms with E-state index in [0.717, 1.165) is 35.1 Å². The first-order valence-corrected chi connectivity index (χ1v) is 13.2. The van der Waals surface area contributed by atoms with Gasteiger partial charge in [0.15, 0.2) is 0 Å². The standard InChI is InChI=1S/C32H40N2O2/c1-5-25(4)33-32(36)30(22-28-12-8-7-9-13-28)34(23-29-14-10-11-24(3)21-29)31(35)20-19-27-17-15-26(6-2)16-18-27/h7-18,21,25,30H,5-6,19-20,22-23H2,1-4H3,(H,33,36)/t25-,30-/m1/s1. The molecule has 0 unspecified atom stereocenters. The topological polar surface area (TPSA) is 49.4 Å². The van der Waals surface area contributed by atoms with Gasteiger partial charge in [-0.15, -0.1) is 0 Å². The quantitative estimate of drug-likeness (QED) is 0.340. The van der Waals surface area contributed by atoms with Crippen molar-refractivity contribution in [3.63, 3.8) is 0 Å². The van der Waals surface area contributed by atoms with Crippen molar-refractivity contribution in [3.05, 3.63) is 107 Å². The molecule has 0 radical (unpaired) electrons. The van der Waals surface area contributed by atoms with E-state index in [2.05, 4.69) is 49.5 Å². The predicted molar refractivity (Wildman–Crippen MR) is 148 cm³/mol. The van der Waals surface area contributed by atoms with Crippen LogP contribution < -0.4 is 5.32 Å². The fourth-order valence-corrected chi connectivity index (χ4v) is 4.34. The second-order valence-corrected chi connectivity index (χ2v) is 9.70. The molecule has 0 fully saturated rings. The van der Waals surface area contributed by atoms with Crippen molar-refractivity contribution >= 4 is 11.8 Å². The molecule has 190 valence electrons. The normalized spacial score (nSPS) is 12.6. The van der Waals surface area contributed by atoms with Crippen LogP contribution in [0.25, 0.3) is 0 Å². The highest BCUT2D eigenvalue weighted by Gasteiger charge is 2.30. The Kier molecular flexibility index (Phi) is 10.3. The van der Waals surface area contributed by atoms with Crippen LogP contribution in [0.15, 0.2) is 78.9 Å². The van der Waals surface area contributed by atoms with E-state index in [1.54, 1.807) is 4.90 Å². The van der Waals surface area contributed by atoms with E-state index in [9.17, 15) is 9.59 Å². The lowest BCUT2D eigenvalue weighted by atomic mass is 10.0. The molecule has 0 saturated heterocycles. The van der Waals surface area contributed by atoms with Gasteiger partial charge in [0.1, 0.15) is 6.04 Å². The zero-order valence-electron chi connectivity index (χ0n) is 22.2. The van der Waals surface area contributed by atoms with Crippen molar-refractivity contribution in [2.75, 3.05) is 0 Å². The van der Waals surface area contributed by atoms with Crippen molar-refractivity contribution in [2.45, 2.75) is 78.4 Å². The summed E-state index contributed by atoms with van der Waals surface area (Å²) >= 11 is 0. The minimum absolute atomic E-state index is 0.00342. The molecule has 2 amide bonds. The summed E-state index contributed by atoms with van der Waals surface area (Å²) in [6, 6.07) is 26.1. The average Bonchev–Trinajstić information content (AvgIpc) is 2.90. The molecule has 2 atom stereocenters. The van der Waals surface area contributed by atoms with Crippen molar-refractivity contribution in [3.8, 4) is 0 Å².